The number of hydrogen-bond donors (Lipinski definition) is 0. The van der Waals surface area contributed by atoms with Crippen LogP contribution >= 0.6 is 23.1 Å². The molecule has 9 nitrogen and oxygen atoms in total. The van der Waals surface area contributed by atoms with E-state index in [1.54, 1.807) is 21.7 Å². The molecule has 0 unspecified atom stereocenters. The number of Topliss-reactive ketones (excluding diaryl/α,β-unsaturated/α-hetero) is 1. The Morgan fingerprint density at radius 2 is 2.26 bits per heavy atom. The summed E-state index contributed by atoms with van der Waals surface area (Å²) in [6, 6.07) is 7.54. The van der Waals surface area contributed by atoms with E-state index in [-0.39, 0.29) is 17.4 Å². The van der Waals surface area contributed by atoms with Crippen LogP contribution in [0.15, 0.2) is 34.9 Å². The standard InChI is InChI=1S/C20H19N7O2S2/c1-13-11-30-19(23-13)14(9-21)15(28)12-31-20-25-24-17(10-26-8-4-6-18(26)29)27(20)16-5-2-3-7-22-16/h2-3,5,7,11,14H,4,6,8,10,12H2,1H3/t14-/m1/s1. The molecule has 1 fully saturated rings. The molecule has 0 bridgehead atoms. The van der Waals surface area contributed by atoms with E-state index in [1.807, 2.05) is 24.4 Å². The Hall–Kier alpha value is -3.10. The molecule has 0 N–H and O–H groups in total. The monoisotopic (exact) mass is 453 g/mol. The fraction of sp³-hybridized carbons (Fsp3) is 0.350. The zero-order chi connectivity index (χ0) is 21.8. The Morgan fingerprint density at radius 3 is 2.90 bits per heavy atom. The highest BCUT2D eigenvalue weighted by Gasteiger charge is 2.27. The van der Waals surface area contributed by atoms with Gasteiger partial charge in [0.25, 0.3) is 0 Å². The molecule has 1 aliphatic heterocycles. The maximum Gasteiger partial charge on any atom is 0.223 e. The third-order valence-electron chi connectivity index (χ3n) is 4.76. The van der Waals surface area contributed by atoms with Gasteiger partial charge in [-0.15, -0.1) is 21.5 Å². The highest BCUT2D eigenvalue weighted by atomic mass is 32.2. The van der Waals surface area contributed by atoms with Gasteiger partial charge in [0.1, 0.15) is 10.8 Å². The summed E-state index contributed by atoms with van der Waals surface area (Å²) >= 11 is 2.51. The molecule has 3 aromatic heterocycles. The van der Waals surface area contributed by atoms with Crippen LogP contribution in [0.1, 0.15) is 35.3 Å². The van der Waals surface area contributed by atoms with Crippen molar-refractivity contribution in [2.75, 3.05) is 12.3 Å². The number of ketones is 1. The maximum absolute atomic E-state index is 12.7. The van der Waals surface area contributed by atoms with E-state index in [0.29, 0.717) is 41.3 Å². The summed E-state index contributed by atoms with van der Waals surface area (Å²) in [7, 11) is 0. The molecule has 11 heteroatoms. The van der Waals surface area contributed by atoms with Crippen molar-refractivity contribution in [2.45, 2.75) is 37.4 Å². The van der Waals surface area contributed by atoms with Crippen molar-refractivity contribution in [3.63, 3.8) is 0 Å². The lowest BCUT2D eigenvalue weighted by molar-refractivity contribution is -0.128. The SMILES string of the molecule is Cc1csc([C@H](C#N)C(=O)CSc2nnc(CN3CCCC3=O)n2-c2ccccn2)n1. The minimum absolute atomic E-state index is 0.0461. The van der Waals surface area contributed by atoms with Crippen LogP contribution in [0.25, 0.3) is 5.82 Å². The first-order valence-electron chi connectivity index (χ1n) is 9.67. The van der Waals surface area contributed by atoms with Gasteiger partial charge in [-0.05, 0) is 25.5 Å². The molecule has 0 radical (unpaired) electrons. The average molecular weight is 454 g/mol. The number of carbonyl (C=O) groups excluding carboxylic acids is 2. The van der Waals surface area contributed by atoms with Gasteiger partial charge in [0.15, 0.2) is 22.7 Å². The Bertz CT molecular complexity index is 1140. The number of pyridine rings is 1. The summed E-state index contributed by atoms with van der Waals surface area (Å²) in [5.74, 6) is 0.181. The first kappa shape index (κ1) is 21.1. The van der Waals surface area contributed by atoms with Crippen molar-refractivity contribution in [3.8, 4) is 11.9 Å². The van der Waals surface area contributed by atoms with E-state index in [9.17, 15) is 14.9 Å². The third-order valence-corrected chi connectivity index (χ3v) is 6.74. The minimum Gasteiger partial charge on any atom is -0.335 e. The quantitative estimate of drug-likeness (QED) is 0.478. The summed E-state index contributed by atoms with van der Waals surface area (Å²) in [6.07, 6.45) is 3.04. The van der Waals surface area contributed by atoms with Gasteiger partial charge in [-0.3, -0.25) is 14.2 Å². The number of rotatable bonds is 8. The summed E-state index contributed by atoms with van der Waals surface area (Å²) in [4.78, 5) is 35.2. The number of aryl methyl sites for hydroxylation is 1. The van der Waals surface area contributed by atoms with Gasteiger partial charge >= 0.3 is 0 Å². The van der Waals surface area contributed by atoms with E-state index in [1.165, 1.54) is 23.1 Å². The van der Waals surface area contributed by atoms with Gasteiger partial charge in [0, 0.05) is 30.2 Å². The second-order valence-electron chi connectivity index (χ2n) is 6.99. The number of nitrogens with zero attached hydrogens (tertiary/aromatic N) is 7. The Labute approximate surface area is 187 Å². The molecular formula is C20H19N7O2S2. The predicted molar refractivity (Wildman–Crippen MR) is 115 cm³/mol. The molecule has 158 valence electrons. The first-order valence-corrected chi connectivity index (χ1v) is 11.5. The zero-order valence-electron chi connectivity index (χ0n) is 16.8. The zero-order valence-corrected chi connectivity index (χ0v) is 18.4. The normalized spacial score (nSPS) is 14.6. The third kappa shape index (κ3) is 4.65. The number of aromatic nitrogens is 5. The molecule has 3 aromatic rings. The van der Waals surface area contributed by atoms with E-state index in [4.69, 9.17) is 0 Å². The lowest BCUT2D eigenvalue weighted by atomic mass is 10.1. The molecule has 4 heterocycles. The van der Waals surface area contributed by atoms with E-state index in [0.717, 1.165) is 12.1 Å². The smallest absolute Gasteiger partial charge is 0.223 e. The van der Waals surface area contributed by atoms with Crippen molar-refractivity contribution in [1.29, 1.82) is 5.26 Å². The van der Waals surface area contributed by atoms with E-state index in [2.05, 4.69) is 26.2 Å². The van der Waals surface area contributed by atoms with Crippen LogP contribution in [0.5, 0.6) is 0 Å². The molecule has 1 saturated heterocycles. The average Bonchev–Trinajstić information content (AvgIpc) is 3.49. The lowest BCUT2D eigenvalue weighted by Crippen LogP contribution is -2.25. The number of amides is 1. The molecule has 0 aromatic carbocycles. The summed E-state index contributed by atoms with van der Waals surface area (Å²) in [6.45, 7) is 2.84. The second kappa shape index (κ2) is 9.36. The minimum atomic E-state index is -0.904. The topological polar surface area (TPSA) is 118 Å². The van der Waals surface area contributed by atoms with Crippen molar-refractivity contribution >= 4 is 34.8 Å². The van der Waals surface area contributed by atoms with Gasteiger partial charge in [0.05, 0.1) is 18.4 Å². The van der Waals surface area contributed by atoms with Crippen LogP contribution in [0.4, 0.5) is 0 Å². The number of nitriles is 1. The summed E-state index contributed by atoms with van der Waals surface area (Å²) in [5.41, 5.74) is 0.789. The first-order chi connectivity index (χ1) is 15.1. The summed E-state index contributed by atoms with van der Waals surface area (Å²) in [5, 5.41) is 20.8. The van der Waals surface area contributed by atoms with Crippen LogP contribution in [0, 0.1) is 18.3 Å². The predicted octanol–water partition coefficient (Wildman–Crippen LogP) is 2.52. The van der Waals surface area contributed by atoms with Crippen molar-refractivity contribution in [2.24, 2.45) is 0 Å². The number of hydrogen-bond acceptors (Lipinski definition) is 9. The number of carbonyl (C=O) groups is 2. The van der Waals surface area contributed by atoms with E-state index < -0.39 is 5.92 Å². The fourth-order valence-corrected chi connectivity index (χ4v) is 4.97. The second-order valence-corrected chi connectivity index (χ2v) is 8.82. The molecule has 1 atom stereocenters. The molecule has 4 rings (SSSR count). The molecule has 0 spiro atoms. The lowest BCUT2D eigenvalue weighted by Gasteiger charge is -2.16. The van der Waals surface area contributed by atoms with Gasteiger partial charge < -0.3 is 4.90 Å². The Balaban J connectivity index is 1.56. The van der Waals surface area contributed by atoms with Crippen LogP contribution in [-0.2, 0) is 16.1 Å². The molecule has 1 amide bonds. The Morgan fingerprint density at radius 1 is 1.39 bits per heavy atom. The van der Waals surface area contributed by atoms with Crippen molar-refractivity contribution < 1.29 is 9.59 Å². The van der Waals surface area contributed by atoms with Crippen LogP contribution < -0.4 is 0 Å². The number of thioether (sulfide) groups is 1. The van der Waals surface area contributed by atoms with Gasteiger partial charge in [-0.25, -0.2) is 9.97 Å². The van der Waals surface area contributed by atoms with Gasteiger partial charge in [-0.2, -0.15) is 5.26 Å². The summed E-state index contributed by atoms with van der Waals surface area (Å²) < 4.78 is 1.76. The fourth-order valence-electron chi connectivity index (χ4n) is 3.24. The van der Waals surface area contributed by atoms with Crippen LogP contribution in [0.2, 0.25) is 0 Å². The highest BCUT2D eigenvalue weighted by Crippen LogP contribution is 2.26. The Kier molecular flexibility index (Phi) is 6.39. The highest BCUT2D eigenvalue weighted by molar-refractivity contribution is 7.99. The van der Waals surface area contributed by atoms with Crippen molar-refractivity contribution in [3.05, 3.63) is 46.3 Å². The number of likely N-dealkylation sites (tertiary alicyclic amines) is 1. The van der Waals surface area contributed by atoms with Gasteiger partial charge in [0.2, 0.25) is 5.91 Å². The molecular weight excluding hydrogens is 434 g/mol. The van der Waals surface area contributed by atoms with Crippen LogP contribution in [-0.4, -0.2) is 53.6 Å². The van der Waals surface area contributed by atoms with Gasteiger partial charge in [-0.1, -0.05) is 17.8 Å². The molecule has 31 heavy (non-hydrogen) atoms. The largest absolute Gasteiger partial charge is 0.335 e. The van der Waals surface area contributed by atoms with Crippen molar-refractivity contribution in [1.82, 2.24) is 29.6 Å². The number of thiazole rings is 1. The molecule has 0 aliphatic carbocycles. The van der Waals surface area contributed by atoms with E-state index >= 15 is 0 Å². The maximum atomic E-state index is 12.7. The van der Waals surface area contributed by atoms with Crippen LogP contribution in [0.3, 0.4) is 0 Å². The molecule has 0 saturated carbocycles. The molecule has 1 aliphatic rings.